The van der Waals surface area contributed by atoms with Crippen molar-refractivity contribution < 1.29 is 4.79 Å². The number of halogens is 1. The van der Waals surface area contributed by atoms with Gasteiger partial charge < -0.3 is 10.2 Å². The average molecular weight is 317 g/mol. The van der Waals surface area contributed by atoms with Gasteiger partial charge in [-0.05, 0) is 56.2 Å². The molecule has 0 fully saturated rings. The number of anilines is 2. The lowest BCUT2D eigenvalue weighted by Gasteiger charge is -2.21. The van der Waals surface area contributed by atoms with Crippen LogP contribution < -0.4 is 10.2 Å². The molecule has 4 heteroatoms. The number of rotatable bonds is 3. The minimum atomic E-state index is 0. The van der Waals surface area contributed by atoms with Crippen LogP contribution in [0.5, 0.6) is 0 Å². The number of carbonyl (C=O) groups is 1. The van der Waals surface area contributed by atoms with Crippen LogP contribution in [0.1, 0.15) is 28.4 Å². The highest BCUT2D eigenvalue weighted by Crippen LogP contribution is 2.25. The van der Waals surface area contributed by atoms with Crippen molar-refractivity contribution in [3.8, 4) is 0 Å². The summed E-state index contributed by atoms with van der Waals surface area (Å²) in [5.74, 6) is 0.0658. The van der Waals surface area contributed by atoms with Crippen molar-refractivity contribution in [1.29, 1.82) is 0 Å². The predicted molar refractivity (Wildman–Crippen MR) is 94.4 cm³/mol. The number of nitrogens with zero attached hydrogens (tertiary/aromatic N) is 1. The maximum absolute atomic E-state index is 12.8. The van der Waals surface area contributed by atoms with Crippen LogP contribution in [0.25, 0.3) is 0 Å². The molecule has 0 unspecified atom stereocenters. The summed E-state index contributed by atoms with van der Waals surface area (Å²) in [6, 6.07) is 14.0. The lowest BCUT2D eigenvalue weighted by Crippen LogP contribution is -2.30. The Kier molecular flexibility index (Phi) is 5.09. The summed E-state index contributed by atoms with van der Waals surface area (Å²) in [5, 5.41) is 3.32. The van der Waals surface area contributed by atoms with Gasteiger partial charge in [-0.3, -0.25) is 4.79 Å². The molecule has 0 atom stereocenters. The van der Waals surface area contributed by atoms with Crippen molar-refractivity contribution in [2.24, 2.45) is 0 Å². The van der Waals surface area contributed by atoms with E-state index < -0.39 is 0 Å². The third-order valence-electron chi connectivity index (χ3n) is 3.97. The molecule has 0 bridgehead atoms. The van der Waals surface area contributed by atoms with Gasteiger partial charge in [0.15, 0.2) is 0 Å². The zero-order chi connectivity index (χ0) is 14.8. The Hall–Kier alpha value is -2.00. The summed E-state index contributed by atoms with van der Waals surface area (Å²) in [6.45, 7) is 5.68. The fourth-order valence-electron chi connectivity index (χ4n) is 2.76. The van der Waals surface area contributed by atoms with Gasteiger partial charge in [-0.1, -0.05) is 17.7 Å². The highest BCUT2D eigenvalue weighted by atomic mass is 35.5. The van der Waals surface area contributed by atoms with E-state index in [1.165, 1.54) is 11.1 Å². The second-order valence-corrected chi connectivity index (χ2v) is 5.43. The predicted octanol–water partition coefficient (Wildman–Crippen LogP) is 4.05. The van der Waals surface area contributed by atoms with Gasteiger partial charge in [0.2, 0.25) is 0 Å². The molecule has 2 aromatic carbocycles. The normalized spacial score (nSPS) is 12.1. The summed E-state index contributed by atoms with van der Waals surface area (Å²) in [4.78, 5) is 14.6. The van der Waals surface area contributed by atoms with E-state index in [4.69, 9.17) is 0 Å². The van der Waals surface area contributed by atoms with Crippen LogP contribution in [0.4, 0.5) is 11.4 Å². The quantitative estimate of drug-likeness (QED) is 0.926. The average Bonchev–Trinajstić information content (AvgIpc) is 2.97. The van der Waals surface area contributed by atoms with E-state index in [0.717, 1.165) is 29.9 Å². The van der Waals surface area contributed by atoms with Crippen molar-refractivity contribution in [3.63, 3.8) is 0 Å². The SMILES string of the molecule is CCN(C(=O)c1ccc2c(c1)CCN2)c1ccc(C)cc1.Cl. The van der Waals surface area contributed by atoms with Crippen molar-refractivity contribution >= 4 is 29.7 Å². The fraction of sp³-hybridized carbons (Fsp3) is 0.278. The molecular weight excluding hydrogens is 296 g/mol. The van der Waals surface area contributed by atoms with Crippen molar-refractivity contribution in [2.75, 3.05) is 23.3 Å². The number of hydrogen-bond donors (Lipinski definition) is 1. The third-order valence-corrected chi connectivity index (χ3v) is 3.97. The van der Waals surface area contributed by atoms with Crippen LogP contribution >= 0.6 is 12.4 Å². The number of nitrogens with one attached hydrogen (secondary N) is 1. The summed E-state index contributed by atoms with van der Waals surface area (Å²) in [6.07, 6.45) is 0.993. The molecule has 0 saturated carbocycles. The van der Waals surface area contributed by atoms with Crippen LogP contribution in [-0.2, 0) is 6.42 Å². The third kappa shape index (κ3) is 3.09. The molecule has 0 aromatic heterocycles. The maximum Gasteiger partial charge on any atom is 0.258 e. The molecule has 0 saturated heterocycles. The molecule has 0 spiro atoms. The minimum absolute atomic E-state index is 0. The molecule has 0 radical (unpaired) electrons. The van der Waals surface area contributed by atoms with E-state index in [9.17, 15) is 4.79 Å². The van der Waals surface area contributed by atoms with Crippen LogP contribution in [0, 0.1) is 6.92 Å². The van der Waals surface area contributed by atoms with E-state index in [-0.39, 0.29) is 18.3 Å². The largest absolute Gasteiger partial charge is 0.384 e. The first-order valence-corrected chi connectivity index (χ1v) is 7.44. The molecule has 1 heterocycles. The van der Waals surface area contributed by atoms with E-state index in [2.05, 4.69) is 12.2 Å². The van der Waals surface area contributed by atoms with Gasteiger partial charge in [0.1, 0.15) is 0 Å². The number of fused-ring (bicyclic) bond motifs is 1. The minimum Gasteiger partial charge on any atom is -0.384 e. The summed E-state index contributed by atoms with van der Waals surface area (Å²) < 4.78 is 0. The Morgan fingerprint density at radius 3 is 2.59 bits per heavy atom. The van der Waals surface area contributed by atoms with E-state index >= 15 is 0 Å². The molecule has 1 aliphatic rings. The Labute approximate surface area is 137 Å². The fourth-order valence-corrected chi connectivity index (χ4v) is 2.76. The second-order valence-electron chi connectivity index (χ2n) is 5.43. The number of amides is 1. The molecule has 22 heavy (non-hydrogen) atoms. The summed E-state index contributed by atoms with van der Waals surface area (Å²) >= 11 is 0. The number of aryl methyl sites for hydroxylation is 1. The number of carbonyl (C=O) groups excluding carboxylic acids is 1. The zero-order valence-corrected chi connectivity index (χ0v) is 13.7. The van der Waals surface area contributed by atoms with Crippen LogP contribution in [0.15, 0.2) is 42.5 Å². The van der Waals surface area contributed by atoms with Gasteiger partial charge >= 0.3 is 0 Å². The smallest absolute Gasteiger partial charge is 0.258 e. The Balaban J connectivity index is 0.00000176. The van der Waals surface area contributed by atoms with Gasteiger partial charge in [-0.15, -0.1) is 12.4 Å². The molecule has 0 aliphatic carbocycles. The van der Waals surface area contributed by atoms with E-state index in [0.29, 0.717) is 6.54 Å². The Bertz CT molecular complexity index is 667. The second kappa shape index (κ2) is 6.84. The molecule has 3 nitrogen and oxygen atoms in total. The lowest BCUT2D eigenvalue weighted by atomic mass is 10.1. The Morgan fingerprint density at radius 2 is 1.91 bits per heavy atom. The lowest BCUT2D eigenvalue weighted by molar-refractivity contribution is 0.0988. The highest BCUT2D eigenvalue weighted by Gasteiger charge is 2.18. The summed E-state index contributed by atoms with van der Waals surface area (Å²) in [5.41, 5.74) is 5.31. The first-order valence-electron chi connectivity index (χ1n) is 7.44. The van der Waals surface area contributed by atoms with Gasteiger partial charge in [0.05, 0.1) is 0 Å². The summed E-state index contributed by atoms with van der Waals surface area (Å²) in [7, 11) is 0. The monoisotopic (exact) mass is 316 g/mol. The van der Waals surface area contributed by atoms with E-state index in [1.54, 1.807) is 0 Å². The van der Waals surface area contributed by atoms with Crippen molar-refractivity contribution in [2.45, 2.75) is 20.3 Å². The molecular formula is C18H21ClN2O. The van der Waals surface area contributed by atoms with Crippen molar-refractivity contribution in [1.82, 2.24) is 0 Å². The van der Waals surface area contributed by atoms with Crippen molar-refractivity contribution in [3.05, 3.63) is 59.2 Å². The van der Waals surface area contributed by atoms with Gasteiger partial charge in [-0.25, -0.2) is 0 Å². The van der Waals surface area contributed by atoms with Gasteiger partial charge in [-0.2, -0.15) is 0 Å². The highest BCUT2D eigenvalue weighted by molar-refractivity contribution is 6.06. The first kappa shape index (κ1) is 16.4. The topological polar surface area (TPSA) is 32.3 Å². The van der Waals surface area contributed by atoms with Crippen LogP contribution in [-0.4, -0.2) is 19.0 Å². The number of benzene rings is 2. The van der Waals surface area contributed by atoms with E-state index in [1.807, 2.05) is 54.3 Å². The zero-order valence-electron chi connectivity index (χ0n) is 12.9. The molecule has 3 rings (SSSR count). The first-order chi connectivity index (χ1) is 10.2. The standard InChI is InChI=1S/C18H20N2O.ClH/c1-3-20(16-7-4-13(2)5-8-16)18(21)15-6-9-17-14(12-15)10-11-19-17;/h4-9,12,19H,3,10-11H2,1-2H3;1H. The molecule has 1 aliphatic heterocycles. The van der Waals surface area contributed by atoms with Gasteiger partial charge in [0, 0.05) is 30.0 Å². The van der Waals surface area contributed by atoms with Crippen LogP contribution in [0.2, 0.25) is 0 Å². The van der Waals surface area contributed by atoms with Crippen LogP contribution in [0.3, 0.4) is 0 Å². The molecule has 1 N–H and O–H groups in total. The van der Waals surface area contributed by atoms with Gasteiger partial charge in [0.25, 0.3) is 5.91 Å². The Morgan fingerprint density at radius 1 is 1.18 bits per heavy atom. The molecule has 116 valence electrons. The maximum atomic E-state index is 12.8. The molecule has 1 amide bonds. The number of hydrogen-bond acceptors (Lipinski definition) is 2. The molecule has 2 aromatic rings.